The van der Waals surface area contributed by atoms with Crippen LogP contribution in [0.15, 0.2) is 218 Å². The van der Waals surface area contributed by atoms with E-state index in [1.165, 1.54) is 0 Å². The molecule has 53 heavy (non-hydrogen) atoms. The lowest BCUT2D eigenvalue weighted by Crippen LogP contribution is -2.13. The molecule has 4 heteroatoms. The van der Waals surface area contributed by atoms with Crippen LogP contribution < -0.4 is 14.7 Å². The highest BCUT2D eigenvalue weighted by Gasteiger charge is 2.20. The maximum absolute atomic E-state index is 9.49. The van der Waals surface area contributed by atoms with Crippen molar-refractivity contribution in [2.24, 2.45) is 0 Å². The molecule has 8 aromatic carbocycles. The number of anilines is 9. The molecule has 0 radical (unpaired) electrons. The van der Waals surface area contributed by atoms with Gasteiger partial charge in [-0.2, -0.15) is 5.26 Å². The molecular weight excluding hydrogens is 645 g/mol. The summed E-state index contributed by atoms with van der Waals surface area (Å²) < 4.78 is 0. The van der Waals surface area contributed by atoms with Crippen molar-refractivity contribution in [1.29, 1.82) is 5.26 Å². The smallest absolute Gasteiger partial charge is 0.0991 e. The van der Waals surface area contributed by atoms with Crippen LogP contribution >= 0.6 is 0 Å². The molecule has 0 saturated carbocycles. The van der Waals surface area contributed by atoms with E-state index in [1.807, 2.05) is 48.5 Å². The number of nitriles is 1. The Bertz CT molecular complexity index is 2220. The molecule has 0 unspecified atom stereocenters. The van der Waals surface area contributed by atoms with E-state index < -0.39 is 0 Å². The summed E-state index contributed by atoms with van der Waals surface area (Å²) in [4.78, 5) is 6.86. The first-order chi connectivity index (χ1) is 26.3. The minimum absolute atomic E-state index is 0.636. The van der Waals surface area contributed by atoms with Crippen molar-refractivity contribution >= 4 is 51.2 Å². The average Bonchev–Trinajstić information content (AvgIpc) is 3.24. The lowest BCUT2D eigenvalue weighted by atomic mass is 10.0. The summed E-state index contributed by atoms with van der Waals surface area (Å²) in [5.41, 5.74) is 12.3. The standard InChI is InChI=1S/C49H36N4/c50-37-38-25-27-39(28-26-38)48-23-13-14-24-49(48)53(46-33-29-44(30-34-46)51(40-15-5-1-6-16-40)41-17-7-2-8-18-41)47-35-31-45(32-36-47)52(42-19-9-3-10-20-42)43-21-11-4-12-22-43/h1-36H. The highest BCUT2D eigenvalue weighted by Crippen LogP contribution is 2.44. The van der Waals surface area contributed by atoms with Gasteiger partial charge in [-0.05, 0) is 121 Å². The first-order valence-corrected chi connectivity index (χ1v) is 17.7. The fourth-order valence-corrected chi connectivity index (χ4v) is 6.77. The van der Waals surface area contributed by atoms with E-state index in [9.17, 15) is 5.26 Å². The van der Waals surface area contributed by atoms with E-state index in [0.29, 0.717) is 5.56 Å². The van der Waals surface area contributed by atoms with Crippen LogP contribution in [0.3, 0.4) is 0 Å². The number of para-hydroxylation sites is 5. The van der Waals surface area contributed by atoms with E-state index in [4.69, 9.17) is 0 Å². The van der Waals surface area contributed by atoms with E-state index in [-0.39, 0.29) is 0 Å². The highest BCUT2D eigenvalue weighted by atomic mass is 15.2. The summed E-state index contributed by atoms with van der Waals surface area (Å²) in [6.45, 7) is 0. The topological polar surface area (TPSA) is 33.5 Å². The van der Waals surface area contributed by atoms with Crippen LogP contribution in [0.5, 0.6) is 0 Å². The Labute approximate surface area is 311 Å². The van der Waals surface area contributed by atoms with Gasteiger partial charge in [0, 0.05) is 51.1 Å². The van der Waals surface area contributed by atoms with Crippen molar-refractivity contribution < 1.29 is 0 Å². The van der Waals surface area contributed by atoms with E-state index >= 15 is 0 Å². The summed E-state index contributed by atoms with van der Waals surface area (Å²) >= 11 is 0. The predicted octanol–water partition coefficient (Wildman–Crippen LogP) is 13.6. The van der Waals surface area contributed by atoms with Crippen LogP contribution in [0.1, 0.15) is 5.56 Å². The second-order valence-electron chi connectivity index (χ2n) is 12.6. The van der Waals surface area contributed by atoms with Crippen molar-refractivity contribution in [2.45, 2.75) is 0 Å². The number of nitrogens with zero attached hydrogens (tertiary/aromatic N) is 4. The van der Waals surface area contributed by atoms with Gasteiger partial charge >= 0.3 is 0 Å². The normalized spacial score (nSPS) is 10.6. The Hall–Kier alpha value is -7.35. The lowest BCUT2D eigenvalue weighted by molar-refractivity contribution is 1.24. The molecule has 0 N–H and O–H groups in total. The molecule has 8 aromatic rings. The molecule has 0 spiro atoms. The third kappa shape index (κ3) is 7.01. The van der Waals surface area contributed by atoms with Crippen molar-refractivity contribution in [1.82, 2.24) is 0 Å². The number of rotatable bonds is 10. The zero-order valence-electron chi connectivity index (χ0n) is 29.1. The third-order valence-electron chi connectivity index (χ3n) is 9.26. The van der Waals surface area contributed by atoms with Gasteiger partial charge in [0.05, 0.1) is 17.3 Å². The molecule has 252 valence electrons. The maximum atomic E-state index is 9.49. The first kappa shape index (κ1) is 32.8. The lowest BCUT2D eigenvalue weighted by Gasteiger charge is -2.30. The van der Waals surface area contributed by atoms with Gasteiger partial charge in [0.2, 0.25) is 0 Å². The Kier molecular flexibility index (Phi) is 9.46. The minimum atomic E-state index is 0.636. The fraction of sp³-hybridized carbons (Fsp3) is 0. The Morgan fingerprint density at radius 3 is 0.943 bits per heavy atom. The molecule has 8 rings (SSSR count). The summed E-state index contributed by atoms with van der Waals surface area (Å²) in [5.74, 6) is 0. The van der Waals surface area contributed by atoms with Crippen molar-refractivity contribution in [3.8, 4) is 17.2 Å². The maximum Gasteiger partial charge on any atom is 0.0991 e. The molecule has 0 bridgehead atoms. The molecule has 0 atom stereocenters. The molecule has 0 saturated heterocycles. The van der Waals surface area contributed by atoms with Gasteiger partial charge in [-0.25, -0.2) is 0 Å². The number of hydrogen-bond acceptors (Lipinski definition) is 4. The van der Waals surface area contributed by atoms with Crippen LogP contribution in [-0.4, -0.2) is 0 Å². The summed E-state index contributed by atoms with van der Waals surface area (Å²) in [6.07, 6.45) is 0. The van der Waals surface area contributed by atoms with Crippen LogP contribution in [0.4, 0.5) is 51.2 Å². The number of benzene rings is 8. The van der Waals surface area contributed by atoms with Gasteiger partial charge in [-0.3, -0.25) is 0 Å². The van der Waals surface area contributed by atoms with Crippen molar-refractivity contribution in [3.05, 3.63) is 224 Å². The molecule has 0 aromatic heterocycles. The molecule has 0 aliphatic rings. The van der Waals surface area contributed by atoms with Crippen molar-refractivity contribution in [2.75, 3.05) is 14.7 Å². The van der Waals surface area contributed by atoms with Gasteiger partial charge < -0.3 is 14.7 Å². The van der Waals surface area contributed by atoms with Gasteiger partial charge in [-0.15, -0.1) is 0 Å². The van der Waals surface area contributed by atoms with Gasteiger partial charge in [0.25, 0.3) is 0 Å². The summed E-state index contributed by atoms with van der Waals surface area (Å²) in [7, 11) is 0. The Balaban J connectivity index is 1.24. The molecule has 4 nitrogen and oxygen atoms in total. The first-order valence-electron chi connectivity index (χ1n) is 17.7. The summed E-state index contributed by atoms with van der Waals surface area (Å²) in [6, 6.07) is 77.9. The van der Waals surface area contributed by atoms with E-state index in [0.717, 1.165) is 62.3 Å². The second-order valence-corrected chi connectivity index (χ2v) is 12.6. The second kappa shape index (κ2) is 15.3. The highest BCUT2D eigenvalue weighted by molar-refractivity contribution is 5.90. The van der Waals surface area contributed by atoms with Crippen LogP contribution in [0.2, 0.25) is 0 Å². The Morgan fingerprint density at radius 2 is 0.585 bits per heavy atom. The van der Waals surface area contributed by atoms with Gasteiger partial charge in [0.15, 0.2) is 0 Å². The SMILES string of the molecule is N#Cc1ccc(-c2ccccc2N(c2ccc(N(c3ccccc3)c3ccccc3)cc2)c2ccc(N(c3ccccc3)c3ccccc3)cc2)cc1. The van der Waals surface area contributed by atoms with Gasteiger partial charge in [-0.1, -0.05) is 103 Å². The third-order valence-corrected chi connectivity index (χ3v) is 9.26. The molecule has 0 heterocycles. The van der Waals surface area contributed by atoms with E-state index in [2.05, 4.69) is 191 Å². The predicted molar refractivity (Wildman–Crippen MR) is 221 cm³/mol. The van der Waals surface area contributed by atoms with Crippen LogP contribution in [0, 0.1) is 11.3 Å². The van der Waals surface area contributed by atoms with Crippen LogP contribution in [0.25, 0.3) is 11.1 Å². The summed E-state index contributed by atoms with van der Waals surface area (Å²) in [5, 5.41) is 9.49. The van der Waals surface area contributed by atoms with Crippen LogP contribution in [-0.2, 0) is 0 Å². The molecule has 0 amide bonds. The minimum Gasteiger partial charge on any atom is -0.311 e. The molecule has 0 fully saturated rings. The monoisotopic (exact) mass is 680 g/mol. The molecule has 0 aliphatic carbocycles. The fourth-order valence-electron chi connectivity index (χ4n) is 6.77. The largest absolute Gasteiger partial charge is 0.311 e. The van der Waals surface area contributed by atoms with Gasteiger partial charge in [0.1, 0.15) is 0 Å². The molecular formula is C49H36N4. The Morgan fingerprint density at radius 1 is 0.283 bits per heavy atom. The molecule has 0 aliphatic heterocycles. The quantitative estimate of drug-likeness (QED) is 0.144. The zero-order valence-corrected chi connectivity index (χ0v) is 29.1. The van der Waals surface area contributed by atoms with E-state index in [1.54, 1.807) is 0 Å². The zero-order chi connectivity index (χ0) is 35.8. The van der Waals surface area contributed by atoms with Crippen molar-refractivity contribution in [3.63, 3.8) is 0 Å². The average molecular weight is 681 g/mol. The number of hydrogen-bond donors (Lipinski definition) is 0.